The number of benzene rings is 1. The minimum atomic E-state index is -0.376. The summed E-state index contributed by atoms with van der Waals surface area (Å²) in [5, 5.41) is 10.0. The molecule has 0 aliphatic rings. The molecular formula is C13H14BrClN4O. The Morgan fingerprint density at radius 2 is 2.25 bits per heavy atom. The van der Waals surface area contributed by atoms with E-state index >= 15 is 0 Å². The second-order valence-electron chi connectivity index (χ2n) is 4.35. The number of nitrogen functional groups attached to an aromatic ring is 1. The van der Waals surface area contributed by atoms with Crippen LogP contribution in [0, 0.1) is 6.92 Å². The Bertz CT molecular complexity index is 669. The largest absolute Gasteiger partial charge is 0.395 e. The first kappa shape index (κ1) is 14.9. The number of hydrogen-bond acceptors (Lipinski definition) is 3. The van der Waals surface area contributed by atoms with Gasteiger partial charge in [0, 0.05) is 9.50 Å². The molecule has 2 aromatic rings. The van der Waals surface area contributed by atoms with Gasteiger partial charge < -0.3 is 11.1 Å². The summed E-state index contributed by atoms with van der Waals surface area (Å²) in [5.41, 5.74) is 8.67. The number of nitrogens with zero attached hydrogens (tertiary/aromatic N) is 1. The molecule has 1 heterocycles. The molecule has 0 saturated carbocycles. The highest BCUT2D eigenvalue weighted by Crippen LogP contribution is 2.29. The first-order valence-corrected chi connectivity index (χ1v) is 7.20. The van der Waals surface area contributed by atoms with Crippen molar-refractivity contribution in [2.45, 2.75) is 20.3 Å². The van der Waals surface area contributed by atoms with E-state index in [0.717, 1.165) is 15.7 Å². The number of rotatable bonds is 3. The molecule has 0 spiro atoms. The van der Waals surface area contributed by atoms with Gasteiger partial charge >= 0.3 is 0 Å². The van der Waals surface area contributed by atoms with Crippen molar-refractivity contribution in [3.8, 4) is 0 Å². The van der Waals surface area contributed by atoms with E-state index in [1.807, 2.05) is 19.9 Å². The molecule has 0 saturated heterocycles. The highest BCUT2D eigenvalue weighted by Gasteiger charge is 2.17. The summed E-state index contributed by atoms with van der Waals surface area (Å²) in [7, 11) is 0. The van der Waals surface area contributed by atoms with Crippen LogP contribution in [0.2, 0.25) is 5.02 Å². The number of carbonyl (C=O) groups is 1. The lowest BCUT2D eigenvalue weighted by molar-refractivity contribution is 0.102. The second kappa shape index (κ2) is 5.85. The number of aromatic amines is 1. The summed E-state index contributed by atoms with van der Waals surface area (Å²) >= 11 is 9.44. The fraction of sp³-hybridized carbons (Fsp3) is 0.231. The molecule has 0 bridgehead atoms. The fourth-order valence-electron chi connectivity index (χ4n) is 1.75. The predicted molar refractivity (Wildman–Crippen MR) is 84.2 cm³/mol. The lowest BCUT2D eigenvalue weighted by Gasteiger charge is -2.09. The van der Waals surface area contributed by atoms with Crippen molar-refractivity contribution in [1.29, 1.82) is 0 Å². The topological polar surface area (TPSA) is 83.8 Å². The van der Waals surface area contributed by atoms with Crippen LogP contribution < -0.4 is 11.1 Å². The second-order valence-corrected chi connectivity index (χ2v) is 5.61. The van der Waals surface area contributed by atoms with Gasteiger partial charge in [-0.3, -0.25) is 9.89 Å². The van der Waals surface area contributed by atoms with Gasteiger partial charge in [-0.05, 0) is 47.0 Å². The summed E-state index contributed by atoms with van der Waals surface area (Å²) in [5.74, 6) is -0.376. The van der Waals surface area contributed by atoms with Gasteiger partial charge in [0.25, 0.3) is 5.91 Å². The van der Waals surface area contributed by atoms with Crippen LogP contribution in [0.1, 0.15) is 28.7 Å². The third kappa shape index (κ3) is 2.81. The van der Waals surface area contributed by atoms with Gasteiger partial charge in [0.15, 0.2) is 5.69 Å². The van der Waals surface area contributed by atoms with Crippen molar-refractivity contribution in [2.75, 3.05) is 11.1 Å². The molecule has 0 radical (unpaired) electrons. The van der Waals surface area contributed by atoms with E-state index in [-0.39, 0.29) is 11.6 Å². The van der Waals surface area contributed by atoms with Crippen LogP contribution in [-0.2, 0) is 6.42 Å². The highest BCUT2D eigenvalue weighted by molar-refractivity contribution is 9.10. The first-order chi connectivity index (χ1) is 9.43. The van der Waals surface area contributed by atoms with Crippen LogP contribution in [0.15, 0.2) is 16.6 Å². The zero-order chi connectivity index (χ0) is 14.9. The van der Waals surface area contributed by atoms with Crippen molar-refractivity contribution in [1.82, 2.24) is 10.2 Å². The number of hydrogen-bond donors (Lipinski definition) is 3. The molecule has 1 aromatic carbocycles. The summed E-state index contributed by atoms with van der Waals surface area (Å²) < 4.78 is 0.748. The number of aromatic nitrogens is 2. The molecule has 0 unspecified atom stereocenters. The number of aryl methyl sites for hydroxylation is 2. The van der Waals surface area contributed by atoms with Gasteiger partial charge in [0.2, 0.25) is 0 Å². The van der Waals surface area contributed by atoms with E-state index in [1.54, 1.807) is 6.07 Å². The fourth-order valence-corrected chi connectivity index (χ4v) is 2.47. The molecule has 1 amide bonds. The van der Waals surface area contributed by atoms with Crippen molar-refractivity contribution >= 4 is 44.8 Å². The van der Waals surface area contributed by atoms with Crippen LogP contribution in [0.5, 0.6) is 0 Å². The minimum Gasteiger partial charge on any atom is -0.395 e. The summed E-state index contributed by atoms with van der Waals surface area (Å²) in [4.78, 5) is 12.2. The van der Waals surface area contributed by atoms with Crippen molar-refractivity contribution in [3.05, 3.63) is 38.6 Å². The predicted octanol–water partition coefficient (Wildman–Crippen LogP) is 3.53. The normalized spacial score (nSPS) is 10.6. The Kier molecular flexibility index (Phi) is 4.35. The van der Waals surface area contributed by atoms with Gasteiger partial charge in [-0.1, -0.05) is 18.5 Å². The number of anilines is 2. The Morgan fingerprint density at radius 1 is 1.55 bits per heavy atom. The number of nitrogens with two attached hydrogens (primary N) is 1. The Labute approximate surface area is 130 Å². The van der Waals surface area contributed by atoms with Crippen LogP contribution in [0.4, 0.5) is 11.4 Å². The maximum absolute atomic E-state index is 12.2. The Morgan fingerprint density at radius 3 is 2.85 bits per heavy atom. The Hall–Kier alpha value is -1.53. The molecule has 7 heteroatoms. The lowest BCUT2D eigenvalue weighted by atomic mass is 10.2. The standard InChI is InChI=1S/C13H14BrClN4O/c1-3-9-11(16)12(19-18-9)13(20)17-10-5-8(15)6(2)4-7(10)14/h4-5H,3,16H2,1-2H3,(H,17,20)(H,18,19). The van der Waals surface area contributed by atoms with E-state index < -0.39 is 0 Å². The number of carbonyl (C=O) groups excluding carboxylic acids is 1. The number of amides is 1. The Balaban J connectivity index is 2.28. The van der Waals surface area contributed by atoms with E-state index in [0.29, 0.717) is 22.8 Å². The molecular weight excluding hydrogens is 344 g/mol. The van der Waals surface area contributed by atoms with Gasteiger partial charge in [-0.15, -0.1) is 0 Å². The van der Waals surface area contributed by atoms with Gasteiger partial charge in [-0.2, -0.15) is 5.10 Å². The average molecular weight is 358 g/mol. The molecule has 1 aromatic heterocycles. The summed E-state index contributed by atoms with van der Waals surface area (Å²) in [6.07, 6.45) is 0.687. The van der Waals surface area contributed by atoms with Crippen molar-refractivity contribution in [2.24, 2.45) is 0 Å². The molecule has 20 heavy (non-hydrogen) atoms. The summed E-state index contributed by atoms with van der Waals surface area (Å²) in [6.45, 7) is 3.82. The van der Waals surface area contributed by atoms with E-state index in [9.17, 15) is 4.79 Å². The van der Waals surface area contributed by atoms with Gasteiger partial charge in [-0.25, -0.2) is 0 Å². The van der Waals surface area contributed by atoms with E-state index in [1.165, 1.54) is 0 Å². The summed E-state index contributed by atoms with van der Waals surface area (Å²) in [6, 6.07) is 3.52. The molecule has 5 nitrogen and oxygen atoms in total. The maximum Gasteiger partial charge on any atom is 0.278 e. The van der Waals surface area contributed by atoms with Crippen LogP contribution in [0.3, 0.4) is 0 Å². The average Bonchev–Trinajstić information content (AvgIpc) is 2.77. The molecule has 4 N–H and O–H groups in total. The van der Waals surface area contributed by atoms with Crippen LogP contribution >= 0.6 is 27.5 Å². The smallest absolute Gasteiger partial charge is 0.278 e. The van der Waals surface area contributed by atoms with Crippen molar-refractivity contribution < 1.29 is 4.79 Å². The van der Waals surface area contributed by atoms with E-state index in [2.05, 4.69) is 31.4 Å². The van der Waals surface area contributed by atoms with E-state index in [4.69, 9.17) is 17.3 Å². The number of H-pyrrole nitrogens is 1. The lowest BCUT2D eigenvalue weighted by Crippen LogP contribution is -2.14. The molecule has 0 atom stereocenters. The first-order valence-electron chi connectivity index (χ1n) is 6.03. The zero-order valence-electron chi connectivity index (χ0n) is 11.1. The molecule has 106 valence electrons. The van der Waals surface area contributed by atoms with Crippen LogP contribution in [0.25, 0.3) is 0 Å². The third-order valence-corrected chi connectivity index (χ3v) is 4.01. The number of nitrogens with one attached hydrogen (secondary N) is 2. The van der Waals surface area contributed by atoms with Gasteiger partial charge in [0.05, 0.1) is 17.1 Å². The van der Waals surface area contributed by atoms with Crippen molar-refractivity contribution in [3.63, 3.8) is 0 Å². The number of halogens is 2. The molecule has 0 aliphatic heterocycles. The molecule has 0 aliphatic carbocycles. The zero-order valence-corrected chi connectivity index (χ0v) is 13.4. The molecule has 0 fully saturated rings. The minimum absolute atomic E-state index is 0.186. The SMILES string of the molecule is CCc1[nH]nc(C(=O)Nc2cc(Cl)c(C)cc2Br)c1N. The molecule has 2 rings (SSSR count). The third-order valence-electron chi connectivity index (χ3n) is 2.95. The van der Waals surface area contributed by atoms with Crippen LogP contribution in [-0.4, -0.2) is 16.1 Å². The maximum atomic E-state index is 12.2. The monoisotopic (exact) mass is 356 g/mol. The highest BCUT2D eigenvalue weighted by atomic mass is 79.9. The van der Waals surface area contributed by atoms with Gasteiger partial charge in [0.1, 0.15) is 0 Å². The quantitative estimate of drug-likeness (QED) is 0.785.